The molecule has 1 atom stereocenters. The Morgan fingerprint density at radius 3 is 2.55 bits per heavy atom. The lowest BCUT2D eigenvalue weighted by atomic mass is 10.1. The summed E-state index contributed by atoms with van der Waals surface area (Å²) >= 11 is 7.56. The molecule has 4 aromatic rings. The molecule has 1 unspecified atom stereocenters. The minimum atomic E-state index is -0.368. The first-order valence-corrected chi connectivity index (χ1v) is 10.9. The molecule has 0 bridgehead atoms. The van der Waals surface area contributed by atoms with Crippen molar-refractivity contribution in [1.29, 1.82) is 0 Å². The number of carbonyl (C=O) groups excluding carboxylic acids is 2. The lowest BCUT2D eigenvalue weighted by Gasteiger charge is -2.13. The van der Waals surface area contributed by atoms with Gasteiger partial charge in [0.05, 0.1) is 11.7 Å². The Hall–Kier alpha value is -3.29. The summed E-state index contributed by atoms with van der Waals surface area (Å²) in [5, 5.41) is 9.94. The topological polar surface area (TPSA) is 84.0 Å². The second-order valence-electron chi connectivity index (χ2n) is 7.06. The summed E-state index contributed by atoms with van der Waals surface area (Å²) in [6.07, 6.45) is 0. The van der Waals surface area contributed by atoms with Gasteiger partial charge in [-0.25, -0.2) is 9.97 Å². The first-order chi connectivity index (χ1) is 14.9. The Morgan fingerprint density at radius 2 is 1.81 bits per heavy atom. The summed E-state index contributed by atoms with van der Waals surface area (Å²) in [4.78, 5) is 32.6. The quantitative estimate of drug-likeness (QED) is 0.395. The predicted octanol–water partition coefficient (Wildman–Crippen LogP) is 5.46. The maximum Gasteiger partial charge on any atom is 0.276 e. The number of nitrogens with one attached hydrogen (secondary N) is 2. The number of anilines is 1. The van der Waals surface area contributed by atoms with E-state index >= 15 is 0 Å². The molecule has 0 spiro atoms. The second kappa shape index (κ2) is 8.83. The molecular weight excluding hydrogens is 432 g/mol. The first-order valence-electron chi connectivity index (χ1n) is 9.60. The zero-order valence-electron chi connectivity index (χ0n) is 16.8. The van der Waals surface area contributed by atoms with E-state index in [0.29, 0.717) is 5.13 Å². The smallest absolute Gasteiger partial charge is 0.276 e. The Morgan fingerprint density at radius 1 is 1.06 bits per heavy atom. The molecule has 4 rings (SSSR count). The summed E-state index contributed by atoms with van der Waals surface area (Å²) in [5.74, 6) is -0.438. The number of hydrogen-bond donors (Lipinski definition) is 2. The van der Waals surface area contributed by atoms with Crippen LogP contribution in [0.25, 0.3) is 22.0 Å². The van der Waals surface area contributed by atoms with Gasteiger partial charge in [-0.2, -0.15) is 0 Å². The Balaban J connectivity index is 1.49. The summed E-state index contributed by atoms with van der Waals surface area (Å²) in [6, 6.07) is 16.9. The van der Waals surface area contributed by atoms with Gasteiger partial charge in [0.15, 0.2) is 5.13 Å². The highest BCUT2D eigenvalue weighted by Gasteiger charge is 2.14. The average molecular weight is 451 g/mol. The molecule has 2 heterocycles. The van der Waals surface area contributed by atoms with Crippen LogP contribution in [-0.4, -0.2) is 21.8 Å². The van der Waals surface area contributed by atoms with E-state index in [9.17, 15) is 9.59 Å². The van der Waals surface area contributed by atoms with Gasteiger partial charge in [0.2, 0.25) is 5.91 Å². The molecule has 2 aromatic heterocycles. The van der Waals surface area contributed by atoms with Gasteiger partial charge < -0.3 is 5.32 Å². The van der Waals surface area contributed by atoms with E-state index in [1.54, 1.807) is 6.07 Å². The monoisotopic (exact) mass is 450 g/mol. The van der Waals surface area contributed by atoms with Gasteiger partial charge in [-0.3, -0.25) is 14.9 Å². The molecule has 156 valence electrons. The third-order valence-electron chi connectivity index (χ3n) is 4.78. The van der Waals surface area contributed by atoms with E-state index in [4.69, 9.17) is 11.6 Å². The number of halogens is 1. The average Bonchev–Trinajstić information content (AvgIpc) is 3.22. The van der Waals surface area contributed by atoms with Crippen LogP contribution in [0.1, 0.15) is 35.9 Å². The minimum Gasteiger partial charge on any atom is -0.350 e. The van der Waals surface area contributed by atoms with Gasteiger partial charge in [0, 0.05) is 23.3 Å². The number of benzene rings is 2. The molecule has 0 aliphatic carbocycles. The summed E-state index contributed by atoms with van der Waals surface area (Å²) < 4.78 is 0. The van der Waals surface area contributed by atoms with E-state index in [1.807, 2.05) is 60.8 Å². The number of pyridine rings is 1. The van der Waals surface area contributed by atoms with Crippen molar-refractivity contribution in [2.24, 2.45) is 0 Å². The van der Waals surface area contributed by atoms with Crippen molar-refractivity contribution in [1.82, 2.24) is 15.3 Å². The molecular formula is C23H19ClN4O2S. The van der Waals surface area contributed by atoms with Crippen molar-refractivity contribution < 1.29 is 9.59 Å². The number of thiazole rings is 1. The maximum absolute atomic E-state index is 12.7. The van der Waals surface area contributed by atoms with Crippen molar-refractivity contribution in [2.75, 3.05) is 5.32 Å². The van der Waals surface area contributed by atoms with Gasteiger partial charge >= 0.3 is 0 Å². The lowest BCUT2D eigenvalue weighted by Crippen LogP contribution is -2.23. The first kappa shape index (κ1) is 21.0. The standard InChI is InChI=1S/C23H19ClN4O2S/c1-13(25-14(2)29)15-7-9-16(10-8-15)20-12-31-23(27-20)28-22(30)19-11-17-5-3-4-6-18(17)21(24)26-19/h3-13H,1-2H3,(H,25,29)(H,27,28,30). The number of rotatable bonds is 5. The highest BCUT2D eigenvalue weighted by atomic mass is 35.5. The van der Waals surface area contributed by atoms with Crippen LogP contribution in [0.15, 0.2) is 60.0 Å². The number of amides is 2. The molecule has 6 nitrogen and oxygen atoms in total. The summed E-state index contributed by atoms with van der Waals surface area (Å²) in [5.41, 5.74) is 2.91. The van der Waals surface area contributed by atoms with Crippen LogP contribution < -0.4 is 10.6 Å². The van der Waals surface area contributed by atoms with Gasteiger partial charge in [-0.05, 0) is 23.9 Å². The molecule has 0 aliphatic rings. The largest absolute Gasteiger partial charge is 0.350 e. The van der Waals surface area contributed by atoms with Crippen LogP contribution in [0.5, 0.6) is 0 Å². The zero-order chi connectivity index (χ0) is 22.0. The van der Waals surface area contributed by atoms with Gasteiger partial charge in [-0.1, -0.05) is 60.1 Å². The van der Waals surface area contributed by atoms with Crippen molar-refractivity contribution in [2.45, 2.75) is 19.9 Å². The van der Waals surface area contributed by atoms with Crippen LogP contribution in [-0.2, 0) is 4.79 Å². The van der Waals surface area contributed by atoms with E-state index in [-0.39, 0.29) is 28.7 Å². The van der Waals surface area contributed by atoms with Crippen molar-refractivity contribution in [3.8, 4) is 11.3 Å². The van der Waals surface area contributed by atoms with Crippen LogP contribution in [0.4, 0.5) is 5.13 Å². The molecule has 2 aromatic carbocycles. The molecule has 0 saturated carbocycles. The fourth-order valence-electron chi connectivity index (χ4n) is 3.23. The van der Waals surface area contributed by atoms with Gasteiger partial charge in [-0.15, -0.1) is 11.3 Å². The van der Waals surface area contributed by atoms with Crippen molar-refractivity contribution in [3.05, 3.63) is 76.4 Å². The highest BCUT2D eigenvalue weighted by molar-refractivity contribution is 7.14. The Bertz CT molecular complexity index is 1270. The molecule has 0 radical (unpaired) electrons. The molecule has 0 saturated heterocycles. The molecule has 8 heteroatoms. The molecule has 2 amide bonds. The van der Waals surface area contributed by atoms with E-state index in [0.717, 1.165) is 27.6 Å². The van der Waals surface area contributed by atoms with Crippen LogP contribution in [0.3, 0.4) is 0 Å². The number of nitrogens with zero attached hydrogens (tertiary/aromatic N) is 2. The number of fused-ring (bicyclic) bond motifs is 1. The van der Waals surface area contributed by atoms with E-state index in [2.05, 4.69) is 20.6 Å². The van der Waals surface area contributed by atoms with E-state index < -0.39 is 0 Å². The molecule has 0 fully saturated rings. The van der Waals surface area contributed by atoms with Crippen molar-refractivity contribution in [3.63, 3.8) is 0 Å². The highest BCUT2D eigenvalue weighted by Crippen LogP contribution is 2.27. The Kier molecular flexibility index (Phi) is 5.97. The molecule has 31 heavy (non-hydrogen) atoms. The van der Waals surface area contributed by atoms with E-state index in [1.165, 1.54) is 18.3 Å². The fourth-order valence-corrected chi connectivity index (χ4v) is 4.21. The summed E-state index contributed by atoms with van der Waals surface area (Å²) in [6.45, 7) is 3.43. The maximum atomic E-state index is 12.7. The van der Waals surface area contributed by atoms with Gasteiger partial charge in [0.25, 0.3) is 5.91 Å². The fraction of sp³-hybridized carbons (Fsp3) is 0.130. The normalized spacial score (nSPS) is 11.8. The third-order valence-corrected chi connectivity index (χ3v) is 5.82. The van der Waals surface area contributed by atoms with Crippen molar-refractivity contribution >= 4 is 50.7 Å². The number of carbonyl (C=O) groups is 2. The molecule has 0 aliphatic heterocycles. The van der Waals surface area contributed by atoms with Crippen LogP contribution >= 0.6 is 22.9 Å². The third kappa shape index (κ3) is 4.73. The van der Waals surface area contributed by atoms with Crippen LogP contribution in [0.2, 0.25) is 5.15 Å². The summed E-state index contributed by atoms with van der Waals surface area (Å²) in [7, 11) is 0. The molecule has 2 N–H and O–H groups in total. The zero-order valence-corrected chi connectivity index (χ0v) is 18.4. The number of hydrogen-bond acceptors (Lipinski definition) is 5. The van der Waals surface area contributed by atoms with Crippen LogP contribution in [0, 0.1) is 0 Å². The second-order valence-corrected chi connectivity index (χ2v) is 8.27. The number of aromatic nitrogens is 2. The minimum absolute atomic E-state index is 0.0707. The lowest BCUT2D eigenvalue weighted by molar-refractivity contribution is -0.119. The predicted molar refractivity (Wildman–Crippen MR) is 124 cm³/mol. The van der Waals surface area contributed by atoms with Gasteiger partial charge in [0.1, 0.15) is 10.8 Å². The Labute approximate surface area is 188 Å². The SMILES string of the molecule is CC(=O)NC(C)c1ccc(-c2csc(NC(=O)c3cc4ccccc4c(Cl)n3)n2)cc1.